The van der Waals surface area contributed by atoms with Crippen LogP contribution in [0.25, 0.3) is 0 Å². The van der Waals surface area contributed by atoms with E-state index in [-0.39, 0.29) is 5.97 Å². The van der Waals surface area contributed by atoms with Gasteiger partial charge in [0.2, 0.25) is 0 Å². The van der Waals surface area contributed by atoms with E-state index in [0.717, 1.165) is 16.9 Å². The van der Waals surface area contributed by atoms with Crippen molar-refractivity contribution in [1.82, 2.24) is 0 Å². The molecule has 0 saturated carbocycles. The molecule has 1 rings (SSSR count). The van der Waals surface area contributed by atoms with E-state index in [1.54, 1.807) is 0 Å². The molecule has 2 unspecified atom stereocenters. The van der Waals surface area contributed by atoms with Gasteiger partial charge in [0.15, 0.2) is 0 Å². The van der Waals surface area contributed by atoms with Crippen LogP contribution in [0.5, 0.6) is 0 Å². The van der Waals surface area contributed by atoms with Gasteiger partial charge in [0.25, 0.3) is 0 Å². The third-order valence-electron chi connectivity index (χ3n) is 5.38. The first kappa shape index (κ1) is 22.9. The van der Waals surface area contributed by atoms with E-state index in [9.17, 15) is 4.79 Å². The fourth-order valence-corrected chi connectivity index (χ4v) is 4.83. The van der Waals surface area contributed by atoms with Gasteiger partial charge in [-0.05, 0) is 19.3 Å². The van der Waals surface area contributed by atoms with Crippen molar-refractivity contribution in [3.63, 3.8) is 0 Å². The van der Waals surface area contributed by atoms with E-state index in [4.69, 9.17) is 0 Å². The number of esters is 1. The Hall–Kier alpha value is -0.180. The number of carbonyl (C=O) groups is 1. The van der Waals surface area contributed by atoms with Crippen molar-refractivity contribution in [2.24, 2.45) is 0 Å². The van der Waals surface area contributed by atoms with Crippen LogP contribution in [0.3, 0.4) is 0 Å². The molecule has 1 aliphatic heterocycles. The first-order valence-electron chi connectivity index (χ1n) is 11.0. The van der Waals surface area contributed by atoms with Gasteiger partial charge in [-0.25, -0.2) is 0 Å². The van der Waals surface area contributed by atoms with Gasteiger partial charge >= 0.3 is 5.97 Å². The summed E-state index contributed by atoms with van der Waals surface area (Å²) in [6.45, 7) is 2.30. The Bertz CT molecular complexity index is 319. The molecule has 0 spiro atoms. The van der Waals surface area contributed by atoms with Gasteiger partial charge in [-0.2, -0.15) is 11.8 Å². The van der Waals surface area contributed by atoms with Gasteiger partial charge in [0, 0.05) is 16.9 Å². The molecule has 0 aromatic rings. The molecule has 2 atom stereocenters. The van der Waals surface area contributed by atoms with Gasteiger partial charge in [-0.1, -0.05) is 90.4 Å². The second-order valence-electron chi connectivity index (χ2n) is 7.71. The Morgan fingerprint density at radius 3 is 1.64 bits per heavy atom. The number of unbranched alkanes of at least 4 members (excludes halogenated alkanes) is 12. The third-order valence-corrected chi connectivity index (χ3v) is 6.89. The van der Waals surface area contributed by atoms with E-state index in [1.807, 2.05) is 0 Å². The third kappa shape index (κ3) is 13.7. The van der Waals surface area contributed by atoms with E-state index in [1.165, 1.54) is 103 Å². The highest BCUT2D eigenvalue weighted by Crippen LogP contribution is 2.47. The molecular weight excluding hydrogens is 328 g/mol. The minimum Gasteiger partial charge on any atom is -0.469 e. The van der Waals surface area contributed by atoms with Crippen molar-refractivity contribution in [2.45, 2.75) is 127 Å². The van der Waals surface area contributed by atoms with Crippen molar-refractivity contribution < 1.29 is 9.53 Å². The van der Waals surface area contributed by atoms with Crippen molar-refractivity contribution in [3.8, 4) is 0 Å². The highest BCUT2D eigenvalue weighted by molar-refractivity contribution is 8.07. The number of hydrogen-bond donors (Lipinski definition) is 0. The van der Waals surface area contributed by atoms with Crippen LogP contribution in [-0.2, 0) is 9.53 Å². The maximum Gasteiger partial charge on any atom is 0.305 e. The van der Waals surface area contributed by atoms with E-state index >= 15 is 0 Å². The van der Waals surface area contributed by atoms with Crippen molar-refractivity contribution in [2.75, 3.05) is 7.11 Å². The predicted octanol–water partition coefficient (Wildman–Crippen LogP) is 7.30. The minimum absolute atomic E-state index is 0.0627. The lowest BCUT2D eigenvalue weighted by molar-refractivity contribution is -0.140. The molecule has 1 saturated heterocycles. The lowest BCUT2D eigenvalue weighted by Crippen LogP contribution is -1.99. The number of carbonyl (C=O) groups excluding carboxylic acids is 1. The molecule has 0 amide bonds. The topological polar surface area (TPSA) is 26.3 Å². The zero-order valence-electron chi connectivity index (χ0n) is 16.9. The summed E-state index contributed by atoms with van der Waals surface area (Å²) in [5, 5.41) is 2.05. The zero-order valence-corrected chi connectivity index (χ0v) is 17.7. The SMILES string of the molecule is CCCCCC1SC1CCCCCCCCCCCCCC(=O)OC. The number of hydrogen-bond acceptors (Lipinski definition) is 3. The average molecular weight is 371 g/mol. The standard InChI is InChI=1S/C22H42O2S/c1-3-4-14-17-20-21(25-20)18-15-12-10-8-6-5-7-9-11-13-16-19-22(23)24-2/h20-21H,3-19H2,1-2H3. The van der Waals surface area contributed by atoms with Gasteiger partial charge in [0.1, 0.15) is 0 Å². The summed E-state index contributed by atoms with van der Waals surface area (Å²) in [5.74, 6) is -0.0627. The number of thioether (sulfide) groups is 1. The van der Waals surface area contributed by atoms with Gasteiger partial charge in [0.05, 0.1) is 7.11 Å². The molecule has 2 nitrogen and oxygen atoms in total. The smallest absolute Gasteiger partial charge is 0.305 e. The quantitative estimate of drug-likeness (QED) is 0.144. The molecule has 1 heterocycles. The summed E-state index contributed by atoms with van der Waals surface area (Å²) < 4.78 is 4.65. The predicted molar refractivity (Wildman–Crippen MR) is 111 cm³/mol. The van der Waals surface area contributed by atoms with Crippen molar-refractivity contribution in [3.05, 3.63) is 0 Å². The van der Waals surface area contributed by atoms with Crippen LogP contribution in [0.1, 0.15) is 116 Å². The molecule has 0 bridgehead atoms. The fraction of sp³-hybridized carbons (Fsp3) is 0.955. The van der Waals surface area contributed by atoms with Gasteiger partial charge in [-0.3, -0.25) is 4.79 Å². The highest BCUT2D eigenvalue weighted by atomic mass is 32.2. The normalized spacial score (nSPS) is 19.1. The van der Waals surface area contributed by atoms with Crippen LogP contribution in [-0.4, -0.2) is 23.6 Å². The molecule has 25 heavy (non-hydrogen) atoms. The van der Waals surface area contributed by atoms with Gasteiger partial charge in [-0.15, -0.1) is 0 Å². The Morgan fingerprint density at radius 1 is 0.720 bits per heavy atom. The first-order valence-corrected chi connectivity index (χ1v) is 11.9. The molecule has 0 N–H and O–H groups in total. The molecule has 148 valence electrons. The molecule has 0 aromatic heterocycles. The van der Waals surface area contributed by atoms with Crippen molar-refractivity contribution >= 4 is 17.7 Å². The van der Waals surface area contributed by atoms with Crippen LogP contribution in [0.4, 0.5) is 0 Å². The Morgan fingerprint density at radius 2 is 1.16 bits per heavy atom. The number of rotatable bonds is 18. The summed E-state index contributed by atoms with van der Waals surface area (Å²) in [4.78, 5) is 11.0. The summed E-state index contributed by atoms with van der Waals surface area (Å²) >= 11 is 2.25. The molecule has 0 radical (unpaired) electrons. The molecule has 1 aliphatic rings. The van der Waals surface area contributed by atoms with Crippen LogP contribution >= 0.6 is 11.8 Å². The number of ether oxygens (including phenoxy) is 1. The molecule has 0 aliphatic carbocycles. The minimum atomic E-state index is -0.0627. The van der Waals surface area contributed by atoms with Crippen LogP contribution in [0.15, 0.2) is 0 Å². The summed E-state index contributed by atoms with van der Waals surface area (Å²) in [5.41, 5.74) is 0. The second-order valence-corrected chi connectivity index (χ2v) is 9.20. The second kappa shape index (κ2) is 16.0. The van der Waals surface area contributed by atoms with Crippen LogP contribution in [0.2, 0.25) is 0 Å². The summed E-state index contributed by atoms with van der Waals surface area (Å²) in [6.07, 6.45) is 22.5. The maximum absolute atomic E-state index is 11.0. The molecule has 3 heteroatoms. The zero-order chi connectivity index (χ0) is 18.2. The van der Waals surface area contributed by atoms with Crippen LogP contribution < -0.4 is 0 Å². The Labute approximate surface area is 161 Å². The molecule has 0 aromatic carbocycles. The van der Waals surface area contributed by atoms with Crippen molar-refractivity contribution in [1.29, 1.82) is 0 Å². The van der Waals surface area contributed by atoms with E-state index < -0.39 is 0 Å². The Kier molecular flexibility index (Phi) is 14.7. The monoisotopic (exact) mass is 370 g/mol. The summed E-state index contributed by atoms with van der Waals surface area (Å²) in [6, 6.07) is 0. The van der Waals surface area contributed by atoms with E-state index in [2.05, 4.69) is 23.4 Å². The fourth-order valence-electron chi connectivity index (χ4n) is 3.59. The van der Waals surface area contributed by atoms with Crippen LogP contribution in [0, 0.1) is 0 Å². The first-order chi connectivity index (χ1) is 12.3. The average Bonchev–Trinajstić information content (AvgIpc) is 3.37. The number of methoxy groups -OCH3 is 1. The molecular formula is C22H42O2S. The van der Waals surface area contributed by atoms with E-state index in [0.29, 0.717) is 6.42 Å². The largest absolute Gasteiger partial charge is 0.469 e. The summed E-state index contributed by atoms with van der Waals surface area (Å²) in [7, 11) is 1.47. The lowest BCUT2D eigenvalue weighted by Gasteiger charge is -2.03. The maximum atomic E-state index is 11.0. The van der Waals surface area contributed by atoms with Gasteiger partial charge < -0.3 is 4.74 Å². The highest BCUT2D eigenvalue weighted by Gasteiger charge is 2.36. The Balaban J connectivity index is 1.70. The lowest BCUT2D eigenvalue weighted by atomic mass is 10.0. The molecule has 1 fully saturated rings.